The summed E-state index contributed by atoms with van der Waals surface area (Å²) >= 11 is 1.54. The maximum atomic E-state index is 12.6. The molecule has 7 heteroatoms. The molecule has 1 aromatic heterocycles. The smallest absolute Gasteiger partial charge is 0.279 e. The lowest BCUT2D eigenvalue weighted by molar-refractivity contribution is -0.154. The number of fused-ring (bicyclic) bond motifs is 3. The fourth-order valence-electron chi connectivity index (χ4n) is 4.68. The molecule has 0 aliphatic carbocycles. The van der Waals surface area contributed by atoms with Crippen LogP contribution in [0.3, 0.4) is 0 Å². The van der Waals surface area contributed by atoms with Gasteiger partial charge in [0.1, 0.15) is 11.4 Å². The molecule has 2 aliphatic heterocycles. The van der Waals surface area contributed by atoms with E-state index in [9.17, 15) is 9.90 Å². The van der Waals surface area contributed by atoms with E-state index in [0.717, 1.165) is 48.4 Å². The molecule has 2 fully saturated rings. The van der Waals surface area contributed by atoms with Crippen LogP contribution in [0.1, 0.15) is 32.3 Å². The zero-order chi connectivity index (χ0) is 21.6. The van der Waals surface area contributed by atoms with Crippen molar-refractivity contribution in [3.05, 3.63) is 54.1 Å². The van der Waals surface area contributed by atoms with Crippen LogP contribution in [0.5, 0.6) is 10.9 Å². The summed E-state index contributed by atoms with van der Waals surface area (Å²) in [6, 6.07) is 16.6. The highest BCUT2D eigenvalue weighted by Crippen LogP contribution is 2.34. The van der Waals surface area contributed by atoms with E-state index in [0.29, 0.717) is 5.19 Å². The topological polar surface area (TPSA) is 65.9 Å². The van der Waals surface area contributed by atoms with Crippen molar-refractivity contribution < 1.29 is 14.6 Å². The van der Waals surface area contributed by atoms with Gasteiger partial charge in [0.25, 0.3) is 11.1 Å². The summed E-state index contributed by atoms with van der Waals surface area (Å²) < 4.78 is 7.07. The predicted octanol–water partition coefficient (Wildman–Crippen LogP) is 4.03. The van der Waals surface area contributed by atoms with Crippen LogP contribution < -0.4 is 4.74 Å². The van der Waals surface area contributed by atoms with Gasteiger partial charge in [0.15, 0.2) is 0 Å². The van der Waals surface area contributed by atoms with Gasteiger partial charge in [0.05, 0.1) is 10.2 Å². The molecular formula is C24H27N3O3S. The molecule has 162 valence electrons. The Balaban J connectivity index is 1.21. The highest BCUT2D eigenvalue weighted by atomic mass is 32.1. The van der Waals surface area contributed by atoms with E-state index in [1.165, 1.54) is 5.56 Å². The average Bonchev–Trinajstić information content (AvgIpc) is 3.25. The van der Waals surface area contributed by atoms with Crippen molar-refractivity contribution in [1.29, 1.82) is 0 Å². The number of aliphatic hydroxyl groups is 1. The lowest BCUT2D eigenvalue weighted by Gasteiger charge is -2.43. The quantitative estimate of drug-likeness (QED) is 0.653. The monoisotopic (exact) mass is 437 g/mol. The van der Waals surface area contributed by atoms with Crippen molar-refractivity contribution in [3.8, 4) is 10.9 Å². The van der Waals surface area contributed by atoms with Crippen LogP contribution in [0.25, 0.3) is 10.2 Å². The van der Waals surface area contributed by atoms with Gasteiger partial charge < -0.3 is 14.7 Å². The molecule has 6 nitrogen and oxygen atoms in total. The summed E-state index contributed by atoms with van der Waals surface area (Å²) in [6.45, 7) is 5.71. The Hall–Kier alpha value is -2.48. The number of ether oxygens (including phenoxy) is 1. The van der Waals surface area contributed by atoms with E-state index < -0.39 is 5.60 Å². The molecule has 1 N–H and O–H groups in total. The number of carbonyl (C=O) groups is 1. The van der Waals surface area contributed by atoms with E-state index >= 15 is 0 Å². The van der Waals surface area contributed by atoms with E-state index in [1.807, 2.05) is 41.3 Å². The Labute approximate surface area is 186 Å². The van der Waals surface area contributed by atoms with E-state index in [4.69, 9.17) is 4.74 Å². The van der Waals surface area contributed by atoms with Crippen molar-refractivity contribution >= 4 is 27.5 Å². The summed E-state index contributed by atoms with van der Waals surface area (Å²) in [5.74, 6) is 0.638. The van der Waals surface area contributed by atoms with Crippen LogP contribution in [0, 0.1) is 0 Å². The van der Waals surface area contributed by atoms with E-state index in [-0.39, 0.29) is 18.0 Å². The molecule has 31 heavy (non-hydrogen) atoms. The van der Waals surface area contributed by atoms with Crippen molar-refractivity contribution in [3.63, 3.8) is 0 Å². The molecule has 2 aromatic carbocycles. The van der Waals surface area contributed by atoms with Gasteiger partial charge in [-0.25, -0.2) is 4.98 Å². The summed E-state index contributed by atoms with van der Waals surface area (Å²) in [5.41, 5.74) is 0.872. The zero-order valence-corrected chi connectivity index (χ0v) is 18.6. The molecule has 0 radical (unpaired) electrons. The molecule has 2 aliphatic rings. The third kappa shape index (κ3) is 4.18. The zero-order valence-electron chi connectivity index (χ0n) is 17.8. The minimum Gasteiger partial charge on any atom is -0.431 e. The lowest BCUT2D eigenvalue weighted by Crippen LogP contribution is -2.59. The number of rotatable bonds is 5. The molecule has 2 atom stereocenters. The van der Waals surface area contributed by atoms with Gasteiger partial charge >= 0.3 is 0 Å². The Bertz CT molecular complexity index is 1040. The van der Waals surface area contributed by atoms with Gasteiger partial charge in [-0.15, -0.1) is 0 Å². The van der Waals surface area contributed by atoms with Gasteiger partial charge in [-0.3, -0.25) is 9.69 Å². The van der Waals surface area contributed by atoms with Crippen LogP contribution >= 0.6 is 11.3 Å². The summed E-state index contributed by atoms with van der Waals surface area (Å²) in [7, 11) is 0. The Morgan fingerprint density at radius 2 is 1.81 bits per heavy atom. The van der Waals surface area contributed by atoms with Crippen LogP contribution in [-0.4, -0.2) is 56.6 Å². The second-order valence-electron chi connectivity index (χ2n) is 9.04. The molecule has 3 aromatic rings. The number of hydrogen-bond donors (Lipinski definition) is 1. The largest absolute Gasteiger partial charge is 0.431 e. The summed E-state index contributed by atoms with van der Waals surface area (Å²) in [5, 5.41) is 10.8. The van der Waals surface area contributed by atoms with Gasteiger partial charge in [-0.2, -0.15) is 0 Å². The SMILES string of the molecule is CC(C)(O)C(=O)N1[C@@H]2CC[C@H]1CN(Cc1ccc(Oc3nc4ccccc4s3)cc1)C2. The summed E-state index contributed by atoms with van der Waals surface area (Å²) in [6.07, 6.45) is 2.02. The molecular weight excluding hydrogens is 410 g/mol. The number of nitrogens with zero attached hydrogens (tertiary/aromatic N) is 3. The second kappa shape index (κ2) is 7.89. The summed E-state index contributed by atoms with van der Waals surface area (Å²) in [4.78, 5) is 21.5. The Morgan fingerprint density at radius 3 is 2.45 bits per heavy atom. The first kappa shape index (κ1) is 20.4. The molecule has 5 rings (SSSR count). The van der Waals surface area contributed by atoms with Crippen molar-refractivity contribution in [2.75, 3.05) is 13.1 Å². The third-order valence-corrected chi connectivity index (χ3v) is 7.04. The number of aromatic nitrogens is 1. The molecule has 3 heterocycles. The van der Waals surface area contributed by atoms with Crippen LogP contribution in [-0.2, 0) is 11.3 Å². The first-order valence-electron chi connectivity index (χ1n) is 10.8. The number of piperazine rings is 1. The maximum absolute atomic E-state index is 12.6. The van der Waals surface area contributed by atoms with Gasteiger partial charge in [-0.1, -0.05) is 35.6 Å². The minimum absolute atomic E-state index is 0.143. The van der Waals surface area contributed by atoms with Crippen LogP contribution in [0.4, 0.5) is 0 Å². The van der Waals surface area contributed by atoms with E-state index in [1.54, 1.807) is 25.2 Å². The maximum Gasteiger partial charge on any atom is 0.279 e. The number of thiazole rings is 1. The van der Waals surface area contributed by atoms with Crippen LogP contribution in [0.15, 0.2) is 48.5 Å². The number of amides is 1. The highest BCUT2D eigenvalue weighted by Gasteiger charge is 2.45. The molecule has 0 spiro atoms. The third-order valence-electron chi connectivity index (χ3n) is 6.12. The van der Waals surface area contributed by atoms with E-state index in [2.05, 4.69) is 22.0 Å². The Kier molecular flexibility index (Phi) is 5.20. The minimum atomic E-state index is -1.30. The molecule has 1 amide bonds. The fourth-order valence-corrected chi connectivity index (χ4v) is 5.52. The average molecular weight is 438 g/mol. The molecule has 0 unspecified atom stereocenters. The van der Waals surface area contributed by atoms with Crippen molar-refractivity contribution in [1.82, 2.24) is 14.8 Å². The highest BCUT2D eigenvalue weighted by molar-refractivity contribution is 7.20. The number of benzene rings is 2. The van der Waals surface area contributed by atoms with Crippen LogP contribution in [0.2, 0.25) is 0 Å². The Morgan fingerprint density at radius 1 is 1.13 bits per heavy atom. The van der Waals surface area contributed by atoms with Gasteiger partial charge in [-0.05, 0) is 56.5 Å². The number of para-hydroxylation sites is 1. The van der Waals surface area contributed by atoms with Gasteiger partial charge in [0, 0.05) is 31.7 Å². The second-order valence-corrected chi connectivity index (χ2v) is 10.0. The predicted molar refractivity (Wildman–Crippen MR) is 121 cm³/mol. The normalized spacial score (nSPS) is 21.6. The lowest BCUT2D eigenvalue weighted by atomic mass is 10.0. The number of likely N-dealkylation sites (tertiary alicyclic amines) is 1. The number of hydrogen-bond acceptors (Lipinski definition) is 6. The first-order chi connectivity index (χ1) is 14.9. The standard InChI is InChI=1S/C24H27N3O3S/c1-24(2,29)22(28)27-17-9-10-18(27)15-26(14-17)13-16-7-11-19(12-8-16)30-23-25-20-5-3-4-6-21(20)31-23/h3-8,11-12,17-18,29H,9-10,13-15H2,1-2H3/t17-,18+. The first-order valence-corrected chi connectivity index (χ1v) is 11.6. The molecule has 0 saturated carbocycles. The van der Waals surface area contributed by atoms with Crippen molar-refractivity contribution in [2.45, 2.75) is 50.9 Å². The fraction of sp³-hybridized carbons (Fsp3) is 0.417. The van der Waals surface area contributed by atoms with Crippen molar-refractivity contribution in [2.24, 2.45) is 0 Å². The number of carbonyl (C=O) groups excluding carboxylic acids is 1. The molecule has 2 bridgehead atoms. The molecule has 2 saturated heterocycles. The van der Waals surface area contributed by atoms with Gasteiger partial charge in [0.2, 0.25) is 0 Å².